The van der Waals surface area contributed by atoms with Crippen molar-refractivity contribution in [1.82, 2.24) is 4.98 Å². The van der Waals surface area contributed by atoms with Crippen molar-refractivity contribution in [3.8, 4) is 5.75 Å². The fourth-order valence-electron chi connectivity index (χ4n) is 2.29. The fraction of sp³-hybridized carbons (Fsp3) is 0.125. The van der Waals surface area contributed by atoms with Crippen LogP contribution in [0.15, 0.2) is 34.7 Å². The molecular weight excluding hydrogens is 339 g/mol. The number of aromatic nitrogens is 1. The highest BCUT2D eigenvalue weighted by Crippen LogP contribution is 2.35. The van der Waals surface area contributed by atoms with Crippen molar-refractivity contribution in [2.24, 2.45) is 0 Å². The zero-order valence-corrected chi connectivity index (χ0v) is 13.8. The van der Waals surface area contributed by atoms with Gasteiger partial charge in [-0.1, -0.05) is 29.3 Å². The van der Waals surface area contributed by atoms with Crippen LogP contribution in [-0.2, 0) is 0 Å². The average Bonchev–Trinajstić information content (AvgIpc) is 2.90. The van der Waals surface area contributed by atoms with Crippen LogP contribution in [0, 0.1) is 6.92 Å². The van der Waals surface area contributed by atoms with Crippen molar-refractivity contribution < 1.29 is 13.9 Å². The molecule has 0 fully saturated rings. The van der Waals surface area contributed by atoms with Crippen LogP contribution in [0.5, 0.6) is 5.75 Å². The van der Waals surface area contributed by atoms with Crippen LogP contribution < -0.4 is 10.1 Å². The summed E-state index contributed by atoms with van der Waals surface area (Å²) in [7, 11) is 1.43. The molecule has 0 radical (unpaired) electrons. The van der Waals surface area contributed by atoms with Gasteiger partial charge in [-0.15, -0.1) is 0 Å². The van der Waals surface area contributed by atoms with Crippen LogP contribution in [-0.4, -0.2) is 18.0 Å². The minimum atomic E-state index is -0.448. The van der Waals surface area contributed by atoms with Crippen molar-refractivity contribution in [2.45, 2.75) is 6.92 Å². The van der Waals surface area contributed by atoms with Crippen LogP contribution in [0.3, 0.4) is 0 Å². The number of amides is 1. The Hall–Kier alpha value is -2.24. The summed E-state index contributed by atoms with van der Waals surface area (Å²) >= 11 is 12.2. The van der Waals surface area contributed by atoms with Crippen LogP contribution in [0.4, 0.5) is 5.69 Å². The van der Waals surface area contributed by atoms with E-state index in [1.165, 1.54) is 7.11 Å². The Morgan fingerprint density at radius 2 is 1.96 bits per heavy atom. The summed E-state index contributed by atoms with van der Waals surface area (Å²) in [6, 6.07) is 8.40. The fourth-order valence-corrected chi connectivity index (χ4v) is 2.76. The number of carbonyl (C=O) groups excluding carboxylic acids is 1. The van der Waals surface area contributed by atoms with Gasteiger partial charge in [0.15, 0.2) is 17.2 Å². The number of halogens is 2. The van der Waals surface area contributed by atoms with E-state index >= 15 is 0 Å². The van der Waals surface area contributed by atoms with Gasteiger partial charge in [-0.25, -0.2) is 4.98 Å². The van der Waals surface area contributed by atoms with Gasteiger partial charge in [0.2, 0.25) is 0 Å². The summed E-state index contributed by atoms with van der Waals surface area (Å²) in [5.74, 6) is 0.286. The van der Waals surface area contributed by atoms with Crippen LogP contribution >= 0.6 is 23.2 Å². The highest BCUT2D eigenvalue weighted by atomic mass is 35.5. The molecule has 0 spiro atoms. The largest absolute Gasteiger partial charge is 0.494 e. The molecule has 0 atom stereocenters. The molecule has 0 saturated heterocycles. The predicted molar refractivity (Wildman–Crippen MR) is 89.7 cm³/mol. The highest BCUT2D eigenvalue weighted by molar-refractivity contribution is 6.37. The van der Waals surface area contributed by atoms with Crippen LogP contribution in [0.25, 0.3) is 11.1 Å². The zero-order chi connectivity index (χ0) is 16.6. The molecule has 5 nitrogen and oxygen atoms in total. The number of hydrogen-bond acceptors (Lipinski definition) is 4. The molecule has 0 aliphatic carbocycles. The summed E-state index contributed by atoms with van der Waals surface area (Å²) in [4.78, 5) is 16.9. The number of methoxy groups -OCH3 is 1. The number of nitrogens with zero attached hydrogens (tertiary/aromatic N) is 1. The maximum atomic E-state index is 12.6. The Morgan fingerprint density at radius 3 is 2.70 bits per heavy atom. The molecule has 0 bridgehead atoms. The van der Waals surface area contributed by atoms with Crippen LogP contribution in [0.2, 0.25) is 10.0 Å². The van der Waals surface area contributed by atoms with Gasteiger partial charge in [-0.3, -0.25) is 4.79 Å². The maximum absolute atomic E-state index is 12.6. The molecule has 1 heterocycles. The second-order valence-corrected chi connectivity index (χ2v) is 5.59. The Balaban J connectivity index is 2.03. The number of ether oxygens (including phenoxy) is 1. The Morgan fingerprint density at radius 1 is 1.22 bits per heavy atom. The standard InChI is InChI=1S/C16H12Cl2N2O3/c1-8-19-11-4-3-5-12(15(11)23-8)20-16(21)13-9(17)6-7-10(18)14(13)22-2/h3-7H,1-2H3,(H,20,21). The molecule has 1 aromatic heterocycles. The van der Waals surface area contributed by atoms with Gasteiger partial charge in [0, 0.05) is 6.92 Å². The Bertz CT molecular complexity index is 906. The van der Waals surface area contributed by atoms with Crippen molar-refractivity contribution in [3.05, 3.63) is 51.8 Å². The normalized spacial score (nSPS) is 10.8. The second kappa shape index (κ2) is 6.10. The molecule has 0 unspecified atom stereocenters. The number of fused-ring (bicyclic) bond motifs is 1. The summed E-state index contributed by atoms with van der Waals surface area (Å²) in [5.41, 5.74) is 1.81. The SMILES string of the molecule is COc1c(Cl)ccc(Cl)c1C(=O)Nc1cccc2nc(C)oc12. The third-order valence-electron chi connectivity index (χ3n) is 3.26. The zero-order valence-electron chi connectivity index (χ0n) is 12.3. The predicted octanol–water partition coefficient (Wildman–Crippen LogP) is 4.70. The molecule has 2 aromatic carbocycles. The van der Waals surface area contributed by atoms with E-state index in [9.17, 15) is 4.79 Å². The number of carbonyl (C=O) groups is 1. The summed E-state index contributed by atoms with van der Waals surface area (Å²) < 4.78 is 10.7. The average molecular weight is 351 g/mol. The molecule has 23 heavy (non-hydrogen) atoms. The molecule has 7 heteroatoms. The van der Waals surface area contributed by atoms with Crippen LogP contribution in [0.1, 0.15) is 16.2 Å². The van der Waals surface area contributed by atoms with E-state index in [0.29, 0.717) is 27.7 Å². The molecule has 1 N–H and O–H groups in total. The topological polar surface area (TPSA) is 64.4 Å². The number of rotatable bonds is 3. The quantitative estimate of drug-likeness (QED) is 0.743. The first-order chi connectivity index (χ1) is 11.0. The molecule has 3 aromatic rings. The third-order valence-corrected chi connectivity index (χ3v) is 3.87. The van der Waals surface area contributed by atoms with Gasteiger partial charge in [0.25, 0.3) is 5.91 Å². The lowest BCUT2D eigenvalue weighted by Crippen LogP contribution is -2.14. The van der Waals surface area contributed by atoms with E-state index in [1.807, 2.05) is 0 Å². The van der Waals surface area contributed by atoms with E-state index in [2.05, 4.69) is 10.3 Å². The Kier molecular flexibility index (Phi) is 4.15. The van der Waals surface area contributed by atoms with Gasteiger partial charge < -0.3 is 14.5 Å². The maximum Gasteiger partial charge on any atom is 0.261 e. The van der Waals surface area contributed by atoms with E-state index in [1.54, 1.807) is 37.3 Å². The highest BCUT2D eigenvalue weighted by Gasteiger charge is 2.21. The van der Waals surface area contributed by atoms with Crippen molar-refractivity contribution in [3.63, 3.8) is 0 Å². The minimum absolute atomic E-state index is 0.162. The molecule has 0 saturated carbocycles. The van der Waals surface area contributed by atoms with Crippen molar-refractivity contribution in [1.29, 1.82) is 0 Å². The number of anilines is 1. The molecule has 0 aliphatic heterocycles. The molecule has 118 valence electrons. The van der Waals surface area contributed by atoms with E-state index in [-0.39, 0.29) is 16.3 Å². The van der Waals surface area contributed by atoms with Crippen molar-refractivity contribution in [2.75, 3.05) is 12.4 Å². The van der Waals surface area contributed by atoms with Gasteiger partial charge >= 0.3 is 0 Å². The lowest BCUT2D eigenvalue weighted by molar-refractivity contribution is 0.102. The van der Waals surface area contributed by atoms with Gasteiger partial charge in [-0.05, 0) is 24.3 Å². The monoisotopic (exact) mass is 350 g/mol. The molecule has 0 aliphatic rings. The first-order valence-corrected chi connectivity index (χ1v) is 7.46. The lowest BCUT2D eigenvalue weighted by atomic mass is 10.1. The number of benzene rings is 2. The second-order valence-electron chi connectivity index (χ2n) is 4.78. The van der Waals surface area contributed by atoms with Gasteiger partial charge in [0.1, 0.15) is 11.1 Å². The lowest BCUT2D eigenvalue weighted by Gasteiger charge is -2.12. The third kappa shape index (κ3) is 2.85. The first kappa shape index (κ1) is 15.6. The molecule has 3 rings (SSSR count). The summed E-state index contributed by atoms with van der Waals surface area (Å²) in [6.07, 6.45) is 0. The first-order valence-electron chi connectivity index (χ1n) is 6.70. The summed E-state index contributed by atoms with van der Waals surface area (Å²) in [6.45, 7) is 1.74. The van der Waals surface area contributed by atoms with Gasteiger partial charge in [-0.2, -0.15) is 0 Å². The number of para-hydroxylation sites is 1. The number of nitrogens with one attached hydrogen (secondary N) is 1. The number of aryl methyl sites for hydroxylation is 1. The smallest absolute Gasteiger partial charge is 0.261 e. The van der Waals surface area contributed by atoms with Gasteiger partial charge in [0.05, 0.1) is 22.8 Å². The van der Waals surface area contributed by atoms with E-state index < -0.39 is 5.91 Å². The minimum Gasteiger partial charge on any atom is -0.494 e. The van der Waals surface area contributed by atoms with E-state index in [4.69, 9.17) is 32.4 Å². The molecular formula is C16H12Cl2N2O3. The molecule has 1 amide bonds. The summed E-state index contributed by atoms with van der Waals surface area (Å²) in [5, 5.41) is 3.30. The number of hydrogen-bond donors (Lipinski definition) is 1. The van der Waals surface area contributed by atoms with Crippen molar-refractivity contribution >= 4 is 45.9 Å². The van der Waals surface area contributed by atoms with E-state index in [0.717, 1.165) is 0 Å². The number of oxazole rings is 1. The Labute approximate surface area is 142 Å².